The number of hydrogen-bond donors (Lipinski definition) is 1. The quantitative estimate of drug-likeness (QED) is 0.609. The van der Waals surface area contributed by atoms with Crippen molar-refractivity contribution in [3.05, 3.63) is 0 Å². The molecule has 1 atom stereocenters. The van der Waals surface area contributed by atoms with Gasteiger partial charge in [0.25, 0.3) is 0 Å². The first-order valence-electron chi connectivity index (χ1n) is 3.44. The smallest absolute Gasteiger partial charge is 0.222 e. The van der Waals surface area contributed by atoms with Gasteiger partial charge >= 0.3 is 0 Å². The average molecular weight is 129 g/mol. The van der Waals surface area contributed by atoms with Crippen molar-refractivity contribution in [2.45, 2.75) is 26.7 Å². The molecule has 0 fully saturated rings. The number of amides is 1. The Morgan fingerprint density at radius 1 is 1.67 bits per heavy atom. The highest BCUT2D eigenvalue weighted by Gasteiger charge is 2.07. The molecule has 0 saturated carbocycles. The van der Waals surface area contributed by atoms with Crippen molar-refractivity contribution >= 4 is 5.91 Å². The Balaban J connectivity index is 3.45. The predicted octanol–water partition coefficient (Wildman–Crippen LogP) is 1.17. The molecule has 1 N–H and O–H groups in total. The monoisotopic (exact) mass is 129 g/mol. The number of hydrogen-bond acceptors (Lipinski definition) is 1. The van der Waals surface area contributed by atoms with Crippen LogP contribution in [-0.4, -0.2) is 13.0 Å². The van der Waals surface area contributed by atoms with Crippen molar-refractivity contribution in [1.29, 1.82) is 0 Å². The lowest BCUT2D eigenvalue weighted by atomic mass is 10.1. The van der Waals surface area contributed by atoms with Crippen molar-refractivity contribution < 1.29 is 4.79 Å². The molecule has 0 aliphatic rings. The molecule has 2 heteroatoms. The maximum absolute atomic E-state index is 10.8. The number of carbonyl (C=O) groups excluding carboxylic acids is 1. The van der Waals surface area contributed by atoms with Crippen LogP contribution in [0.4, 0.5) is 0 Å². The molecule has 0 saturated heterocycles. The summed E-state index contributed by atoms with van der Waals surface area (Å²) in [5, 5.41) is 2.61. The van der Waals surface area contributed by atoms with Crippen molar-refractivity contribution in [2.75, 3.05) is 7.05 Å². The van der Waals surface area contributed by atoms with E-state index < -0.39 is 0 Å². The number of rotatable bonds is 3. The van der Waals surface area contributed by atoms with Crippen LogP contribution in [0.5, 0.6) is 0 Å². The molecule has 1 amide bonds. The van der Waals surface area contributed by atoms with E-state index in [1.54, 1.807) is 7.05 Å². The van der Waals surface area contributed by atoms with E-state index in [4.69, 9.17) is 0 Å². The van der Waals surface area contributed by atoms with Gasteiger partial charge in [-0.05, 0) is 6.42 Å². The van der Waals surface area contributed by atoms with Gasteiger partial charge in [0.1, 0.15) is 0 Å². The molecule has 0 aromatic rings. The second-order valence-electron chi connectivity index (χ2n) is 2.30. The summed E-state index contributed by atoms with van der Waals surface area (Å²) in [7, 11) is 1.68. The molecule has 0 aromatic heterocycles. The Morgan fingerprint density at radius 3 is 2.56 bits per heavy atom. The number of carbonyl (C=O) groups is 1. The molecule has 0 aliphatic carbocycles. The first-order valence-corrected chi connectivity index (χ1v) is 3.44. The average Bonchev–Trinajstić information content (AvgIpc) is 1.87. The normalized spacial score (nSPS) is 12.8. The van der Waals surface area contributed by atoms with Crippen LogP contribution in [0, 0.1) is 5.92 Å². The van der Waals surface area contributed by atoms with Gasteiger partial charge in [-0.3, -0.25) is 4.79 Å². The van der Waals surface area contributed by atoms with Gasteiger partial charge in [0, 0.05) is 13.0 Å². The van der Waals surface area contributed by atoms with Crippen LogP contribution >= 0.6 is 0 Å². The Kier molecular flexibility index (Phi) is 4.10. The van der Waals surface area contributed by atoms with Gasteiger partial charge in [0.05, 0.1) is 0 Å². The van der Waals surface area contributed by atoms with Crippen molar-refractivity contribution in [1.82, 2.24) is 5.32 Å². The third-order valence-corrected chi connectivity index (χ3v) is 1.42. The zero-order valence-corrected chi connectivity index (χ0v) is 6.40. The Bertz CT molecular complexity index is 90.9. The maximum Gasteiger partial charge on any atom is 0.222 e. The highest BCUT2D eigenvalue weighted by molar-refractivity contribution is 5.77. The molecular formula is C7H15NO. The summed E-state index contributed by atoms with van der Waals surface area (Å²) in [4.78, 5) is 10.8. The molecule has 0 radical (unpaired) electrons. The minimum absolute atomic E-state index is 0.150. The van der Waals surface area contributed by atoms with Gasteiger partial charge in [0.15, 0.2) is 0 Å². The van der Waals surface area contributed by atoms with Crippen molar-refractivity contribution in [2.24, 2.45) is 5.92 Å². The number of nitrogens with one attached hydrogen (secondary N) is 1. The third kappa shape index (κ3) is 3.12. The molecule has 0 bridgehead atoms. The lowest BCUT2D eigenvalue weighted by molar-refractivity contribution is -0.124. The van der Waals surface area contributed by atoms with Gasteiger partial charge in [0.2, 0.25) is 5.91 Å². The molecule has 2 nitrogen and oxygen atoms in total. The summed E-state index contributed by atoms with van der Waals surface area (Å²) >= 11 is 0. The topological polar surface area (TPSA) is 29.1 Å². The van der Waals surface area contributed by atoms with Crippen LogP contribution < -0.4 is 5.32 Å². The van der Waals surface area contributed by atoms with Crippen LogP contribution in [0.2, 0.25) is 0 Å². The van der Waals surface area contributed by atoms with Crippen LogP contribution in [0.1, 0.15) is 26.7 Å². The zero-order valence-electron chi connectivity index (χ0n) is 6.40. The van der Waals surface area contributed by atoms with Gasteiger partial charge in [-0.15, -0.1) is 0 Å². The zero-order chi connectivity index (χ0) is 7.28. The fraction of sp³-hybridized carbons (Fsp3) is 0.857. The summed E-state index contributed by atoms with van der Waals surface area (Å²) in [6.07, 6.45) is 2.06. The molecule has 0 heterocycles. The van der Waals surface area contributed by atoms with E-state index in [0.717, 1.165) is 12.8 Å². The molecule has 0 aliphatic heterocycles. The SMILES string of the molecule is CCCC(C)C(=O)NC. The van der Waals surface area contributed by atoms with Crippen LogP contribution in [0.3, 0.4) is 0 Å². The fourth-order valence-electron chi connectivity index (χ4n) is 0.811. The van der Waals surface area contributed by atoms with E-state index in [1.807, 2.05) is 6.92 Å². The summed E-state index contributed by atoms with van der Waals surface area (Å²) in [6, 6.07) is 0. The second-order valence-corrected chi connectivity index (χ2v) is 2.30. The highest BCUT2D eigenvalue weighted by Crippen LogP contribution is 2.03. The minimum Gasteiger partial charge on any atom is -0.359 e. The second kappa shape index (κ2) is 4.36. The lowest BCUT2D eigenvalue weighted by Crippen LogP contribution is -2.24. The summed E-state index contributed by atoms with van der Waals surface area (Å²) in [5.74, 6) is 0.330. The Morgan fingerprint density at radius 2 is 2.22 bits per heavy atom. The van der Waals surface area contributed by atoms with Gasteiger partial charge < -0.3 is 5.32 Å². The molecule has 9 heavy (non-hydrogen) atoms. The molecule has 1 unspecified atom stereocenters. The van der Waals surface area contributed by atoms with Crippen molar-refractivity contribution in [3.63, 3.8) is 0 Å². The predicted molar refractivity (Wildman–Crippen MR) is 38.1 cm³/mol. The third-order valence-electron chi connectivity index (χ3n) is 1.42. The molecule has 0 aromatic carbocycles. The van der Waals surface area contributed by atoms with Crippen LogP contribution in [0.25, 0.3) is 0 Å². The first-order chi connectivity index (χ1) is 4.22. The Hall–Kier alpha value is -0.530. The molecular weight excluding hydrogens is 114 g/mol. The minimum atomic E-state index is 0.150. The molecule has 0 spiro atoms. The largest absolute Gasteiger partial charge is 0.359 e. The van der Waals surface area contributed by atoms with Crippen LogP contribution in [-0.2, 0) is 4.79 Å². The maximum atomic E-state index is 10.8. The lowest BCUT2D eigenvalue weighted by Gasteiger charge is -2.06. The van der Waals surface area contributed by atoms with E-state index in [-0.39, 0.29) is 11.8 Å². The standard InChI is InChI=1S/C7H15NO/c1-4-5-6(2)7(9)8-3/h6H,4-5H2,1-3H3,(H,8,9). The van der Waals surface area contributed by atoms with E-state index in [0.29, 0.717) is 0 Å². The van der Waals surface area contributed by atoms with Gasteiger partial charge in [-0.2, -0.15) is 0 Å². The molecule has 54 valence electrons. The fourth-order valence-corrected chi connectivity index (χ4v) is 0.811. The van der Waals surface area contributed by atoms with E-state index in [2.05, 4.69) is 12.2 Å². The Labute approximate surface area is 56.6 Å². The molecule has 0 rings (SSSR count). The van der Waals surface area contributed by atoms with Crippen molar-refractivity contribution in [3.8, 4) is 0 Å². The van der Waals surface area contributed by atoms with E-state index in [1.165, 1.54) is 0 Å². The van der Waals surface area contributed by atoms with Gasteiger partial charge in [-0.25, -0.2) is 0 Å². The van der Waals surface area contributed by atoms with Crippen LogP contribution in [0.15, 0.2) is 0 Å². The van der Waals surface area contributed by atoms with Gasteiger partial charge in [-0.1, -0.05) is 20.3 Å². The summed E-state index contributed by atoms with van der Waals surface area (Å²) < 4.78 is 0. The first kappa shape index (κ1) is 8.47. The van der Waals surface area contributed by atoms with E-state index >= 15 is 0 Å². The summed E-state index contributed by atoms with van der Waals surface area (Å²) in [5.41, 5.74) is 0. The highest BCUT2D eigenvalue weighted by atomic mass is 16.1. The van der Waals surface area contributed by atoms with E-state index in [9.17, 15) is 4.79 Å². The summed E-state index contributed by atoms with van der Waals surface area (Å²) in [6.45, 7) is 4.03.